The first kappa shape index (κ1) is 14.6. The molecule has 1 unspecified atom stereocenters. The van der Waals surface area contributed by atoms with Crippen LogP contribution >= 0.6 is 0 Å². The van der Waals surface area contributed by atoms with Gasteiger partial charge in [-0.3, -0.25) is 9.78 Å². The molecular formula is C14H22N2O2. The minimum atomic E-state index is -0.344. The lowest BCUT2D eigenvalue weighted by atomic mass is 10.0. The average Bonchev–Trinajstić information content (AvgIpc) is 2.37. The molecule has 4 heteroatoms. The third-order valence-electron chi connectivity index (χ3n) is 2.90. The molecular weight excluding hydrogens is 228 g/mol. The summed E-state index contributed by atoms with van der Waals surface area (Å²) in [6.07, 6.45) is 4.92. The fourth-order valence-corrected chi connectivity index (χ4v) is 1.59. The van der Waals surface area contributed by atoms with Crippen LogP contribution < -0.4 is 5.32 Å². The van der Waals surface area contributed by atoms with Crippen LogP contribution in [0, 0.1) is 5.92 Å². The number of nitrogens with one attached hydrogen (secondary N) is 1. The summed E-state index contributed by atoms with van der Waals surface area (Å²) in [5.41, 5.74) is 1.06. The van der Waals surface area contributed by atoms with Crippen molar-refractivity contribution in [1.82, 2.24) is 10.3 Å². The molecule has 100 valence electrons. The molecule has 1 aromatic rings. The molecule has 0 aliphatic rings. The molecule has 1 aromatic heterocycles. The first-order chi connectivity index (χ1) is 8.59. The van der Waals surface area contributed by atoms with E-state index in [4.69, 9.17) is 0 Å². The van der Waals surface area contributed by atoms with Crippen LogP contribution in [0.15, 0.2) is 24.5 Å². The van der Waals surface area contributed by atoms with E-state index in [9.17, 15) is 9.90 Å². The fourth-order valence-electron chi connectivity index (χ4n) is 1.59. The zero-order valence-corrected chi connectivity index (χ0v) is 11.1. The molecule has 0 radical (unpaired) electrons. The molecule has 1 rings (SSSR count). The number of carbonyl (C=O) groups is 1. The molecule has 0 aromatic carbocycles. The summed E-state index contributed by atoms with van der Waals surface area (Å²) in [5.74, 6) is 0.257. The number of aromatic nitrogens is 1. The maximum atomic E-state index is 11.6. The van der Waals surface area contributed by atoms with Gasteiger partial charge < -0.3 is 10.4 Å². The van der Waals surface area contributed by atoms with Crippen molar-refractivity contribution in [3.63, 3.8) is 0 Å². The van der Waals surface area contributed by atoms with Gasteiger partial charge in [0.15, 0.2) is 0 Å². The highest BCUT2D eigenvalue weighted by Gasteiger charge is 2.09. The molecule has 1 heterocycles. The van der Waals surface area contributed by atoms with Gasteiger partial charge in [-0.2, -0.15) is 0 Å². The Morgan fingerprint density at radius 2 is 2.28 bits per heavy atom. The fraction of sp³-hybridized carbons (Fsp3) is 0.571. The van der Waals surface area contributed by atoms with Crippen LogP contribution in [0.4, 0.5) is 0 Å². The Kier molecular flexibility index (Phi) is 6.36. The van der Waals surface area contributed by atoms with Crippen LogP contribution in [0.5, 0.6) is 0 Å². The van der Waals surface area contributed by atoms with E-state index >= 15 is 0 Å². The Morgan fingerprint density at radius 3 is 2.89 bits per heavy atom. The van der Waals surface area contributed by atoms with Crippen molar-refractivity contribution in [2.45, 2.75) is 39.2 Å². The summed E-state index contributed by atoms with van der Waals surface area (Å²) in [5, 5.41) is 12.4. The van der Waals surface area contributed by atoms with Gasteiger partial charge in [0.1, 0.15) is 0 Å². The van der Waals surface area contributed by atoms with Gasteiger partial charge in [0, 0.05) is 25.4 Å². The zero-order chi connectivity index (χ0) is 13.4. The molecule has 0 fully saturated rings. The Morgan fingerprint density at radius 1 is 1.50 bits per heavy atom. The van der Waals surface area contributed by atoms with E-state index in [2.05, 4.69) is 10.3 Å². The summed E-state index contributed by atoms with van der Waals surface area (Å²) in [4.78, 5) is 15.6. The van der Waals surface area contributed by atoms with Crippen LogP contribution in [0.3, 0.4) is 0 Å². The number of aliphatic hydroxyl groups excluding tert-OH is 1. The minimum absolute atomic E-state index is 0.0230. The second kappa shape index (κ2) is 7.82. The Labute approximate surface area is 108 Å². The first-order valence-electron chi connectivity index (χ1n) is 6.43. The molecule has 1 atom stereocenters. The molecule has 0 saturated carbocycles. The van der Waals surface area contributed by atoms with E-state index in [0.29, 0.717) is 25.8 Å². The van der Waals surface area contributed by atoms with Crippen molar-refractivity contribution in [2.24, 2.45) is 5.92 Å². The average molecular weight is 250 g/mol. The monoisotopic (exact) mass is 250 g/mol. The second-order valence-corrected chi connectivity index (χ2v) is 4.81. The van der Waals surface area contributed by atoms with Crippen LogP contribution in [0.2, 0.25) is 0 Å². The predicted octanol–water partition coefficient (Wildman–Crippen LogP) is 1.54. The number of hydrogen-bond donors (Lipinski definition) is 2. The number of aliphatic hydroxyl groups is 1. The molecule has 0 bridgehead atoms. The van der Waals surface area contributed by atoms with E-state index in [0.717, 1.165) is 5.56 Å². The van der Waals surface area contributed by atoms with Gasteiger partial charge in [0.2, 0.25) is 5.91 Å². The molecule has 0 aliphatic heterocycles. The van der Waals surface area contributed by atoms with Gasteiger partial charge >= 0.3 is 0 Å². The lowest BCUT2D eigenvalue weighted by molar-refractivity contribution is -0.121. The van der Waals surface area contributed by atoms with E-state index < -0.39 is 0 Å². The number of rotatable bonds is 7. The summed E-state index contributed by atoms with van der Waals surface area (Å²) in [6, 6.07) is 3.83. The number of carbonyl (C=O) groups excluding carboxylic acids is 1. The molecule has 0 aliphatic carbocycles. The van der Waals surface area contributed by atoms with Crippen LogP contribution in [0.25, 0.3) is 0 Å². The zero-order valence-electron chi connectivity index (χ0n) is 11.1. The van der Waals surface area contributed by atoms with Crippen molar-refractivity contribution in [1.29, 1.82) is 0 Å². The SMILES string of the molecule is CC(C)C(O)CCNC(=O)CCc1cccnc1. The summed E-state index contributed by atoms with van der Waals surface area (Å²) in [6.45, 7) is 4.47. The number of aryl methyl sites for hydroxylation is 1. The lowest BCUT2D eigenvalue weighted by Gasteiger charge is -2.14. The predicted molar refractivity (Wildman–Crippen MR) is 71.0 cm³/mol. The molecule has 4 nitrogen and oxygen atoms in total. The Hall–Kier alpha value is -1.42. The van der Waals surface area contributed by atoms with Crippen molar-refractivity contribution in [3.8, 4) is 0 Å². The molecule has 18 heavy (non-hydrogen) atoms. The van der Waals surface area contributed by atoms with Crippen molar-refractivity contribution < 1.29 is 9.90 Å². The first-order valence-corrected chi connectivity index (χ1v) is 6.43. The Bertz CT molecular complexity index is 352. The smallest absolute Gasteiger partial charge is 0.220 e. The number of amides is 1. The second-order valence-electron chi connectivity index (χ2n) is 4.81. The van der Waals surface area contributed by atoms with Gasteiger partial charge in [-0.15, -0.1) is 0 Å². The quantitative estimate of drug-likeness (QED) is 0.771. The van der Waals surface area contributed by atoms with Crippen molar-refractivity contribution in [3.05, 3.63) is 30.1 Å². The maximum Gasteiger partial charge on any atom is 0.220 e. The highest BCUT2D eigenvalue weighted by atomic mass is 16.3. The van der Waals surface area contributed by atoms with Gasteiger partial charge in [0.25, 0.3) is 0 Å². The van der Waals surface area contributed by atoms with Crippen LogP contribution in [-0.4, -0.2) is 28.6 Å². The topological polar surface area (TPSA) is 62.2 Å². The van der Waals surface area contributed by atoms with Crippen molar-refractivity contribution >= 4 is 5.91 Å². The van der Waals surface area contributed by atoms with Gasteiger partial charge in [-0.25, -0.2) is 0 Å². The maximum absolute atomic E-state index is 11.6. The highest BCUT2D eigenvalue weighted by molar-refractivity contribution is 5.76. The van der Waals surface area contributed by atoms with E-state index in [1.165, 1.54) is 0 Å². The van der Waals surface area contributed by atoms with Gasteiger partial charge in [0.05, 0.1) is 6.10 Å². The van der Waals surface area contributed by atoms with E-state index in [1.54, 1.807) is 12.4 Å². The summed E-state index contributed by atoms with van der Waals surface area (Å²) >= 11 is 0. The highest BCUT2D eigenvalue weighted by Crippen LogP contribution is 2.04. The normalized spacial score (nSPS) is 12.4. The minimum Gasteiger partial charge on any atom is -0.393 e. The number of hydrogen-bond acceptors (Lipinski definition) is 3. The van der Waals surface area contributed by atoms with Crippen molar-refractivity contribution in [2.75, 3.05) is 6.54 Å². The Balaban J connectivity index is 2.15. The standard InChI is InChI=1S/C14H22N2O2/c1-11(2)13(17)7-9-16-14(18)6-5-12-4-3-8-15-10-12/h3-4,8,10-11,13,17H,5-7,9H2,1-2H3,(H,16,18). The molecule has 0 saturated heterocycles. The van der Waals surface area contributed by atoms with E-state index in [-0.39, 0.29) is 17.9 Å². The molecule has 1 amide bonds. The van der Waals surface area contributed by atoms with Gasteiger partial charge in [-0.05, 0) is 30.4 Å². The largest absolute Gasteiger partial charge is 0.393 e. The summed E-state index contributed by atoms with van der Waals surface area (Å²) in [7, 11) is 0. The van der Waals surface area contributed by atoms with Crippen LogP contribution in [0.1, 0.15) is 32.3 Å². The lowest BCUT2D eigenvalue weighted by Crippen LogP contribution is -2.28. The third kappa shape index (κ3) is 5.77. The molecule has 0 spiro atoms. The number of nitrogens with zero attached hydrogens (tertiary/aromatic N) is 1. The molecule has 2 N–H and O–H groups in total. The van der Waals surface area contributed by atoms with Gasteiger partial charge in [-0.1, -0.05) is 19.9 Å². The van der Waals surface area contributed by atoms with Crippen LogP contribution in [-0.2, 0) is 11.2 Å². The van der Waals surface area contributed by atoms with E-state index in [1.807, 2.05) is 26.0 Å². The third-order valence-corrected chi connectivity index (χ3v) is 2.90. The number of pyridine rings is 1. The summed E-state index contributed by atoms with van der Waals surface area (Å²) < 4.78 is 0.